The molecule has 78 valence electrons. The zero-order chi connectivity index (χ0) is 11.1. The molecule has 0 saturated heterocycles. The molecule has 1 rings (SSSR count). The molecule has 0 aliphatic heterocycles. The summed E-state index contributed by atoms with van der Waals surface area (Å²) >= 11 is 1.89. The molecule has 0 spiro atoms. The number of benzene rings is 1. The van der Waals surface area contributed by atoms with Crippen LogP contribution >= 0.6 is 22.6 Å². The Morgan fingerprint density at radius 1 is 1.53 bits per heavy atom. The molecule has 0 aliphatic rings. The molecule has 1 N–H and O–H groups in total. The number of nitrogens with one attached hydrogen (secondary N) is 1. The first-order valence-electron chi connectivity index (χ1n) is 4.32. The van der Waals surface area contributed by atoms with Gasteiger partial charge in [-0.2, -0.15) is 0 Å². The van der Waals surface area contributed by atoms with E-state index in [1.807, 2.05) is 53.8 Å². The smallest absolute Gasteiger partial charge is 0.412 e. The van der Waals surface area contributed by atoms with E-state index in [1.165, 1.54) is 0 Å². The second kappa shape index (κ2) is 6.30. The number of anilines is 1. The Kier molecular flexibility index (Phi) is 4.98. The quantitative estimate of drug-likeness (QED) is 0.673. The van der Waals surface area contributed by atoms with Crippen LogP contribution in [0.25, 0.3) is 0 Å². The van der Waals surface area contributed by atoms with Crippen LogP contribution in [-0.4, -0.2) is 12.7 Å². The van der Waals surface area contributed by atoms with Gasteiger partial charge in [0.15, 0.2) is 6.61 Å². The fraction of sp³-hybridized carbons (Fsp3) is 0.182. The van der Waals surface area contributed by atoms with Gasteiger partial charge in [0.1, 0.15) is 0 Å². The lowest BCUT2D eigenvalue weighted by molar-refractivity contribution is 0.176. The van der Waals surface area contributed by atoms with Crippen LogP contribution < -0.4 is 5.32 Å². The molecule has 0 unspecified atom stereocenters. The van der Waals surface area contributed by atoms with Crippen molar-refractivity contribution in [3.8, 4) is 9.85 Å². The van der Waals surface area contributed by atoms with Crippen LogP contribution in [0.2, 0.25) is 0 Å². The first-order chi connectivity index (χ1) is 7.24. The van der Waals surface area contributed by atoms with Crippen molar-refractivity contribution in [2.75, 3.05) is 11.9 Å². The summed E-state index contributed by atoms with van der Waals surface area (Å²) in [5, 5.41) is 2.64. The van der Waals surface area contributed by atoms with Crippen LogP contribution in [0.3, 0.4) is 0 Å². The van der Waals surface area contributed by atoms with E-state index in [0.29, 0.717) is 0 Å². The van der Waals surface area contributed by atoms with E-state index in [-0.39, 0.29) is 6.61 Å². The number of aryl methyl sites for hydroxylation is 1. The van der Waals surface area contributed by atoms with E-state index in [4.69, 9.17) is 4.74 Å². The fourth-order valence-electron chi connectivity index (χ4n) is 0.988. The molecular weight excluding hydrogens is 305 g/mol. The second-order valence-electron chi connectivity index (χ2n) is 2.79. The normalized spacial score (nSPS) is 8.67. The lowest BCUT2D eigenvalue weighted by Crippen LogP contribution is -2.14. The summed E-state index contributed by atoms with van der Waals surface area (Å²) in [6.07, 6.45) is -0.483. The molecule has 0 radical (unpaired) electrons. The van der Waals surface area contributed by atoms with Gasteiger partial charge in [0.05, 0.1) is 0 Å². The van der Waals surface area contributed by atoms with E-state index in [1.54, 1.807) is 0 Å². The predicted octanol–water partition coefficient (Wildman–Crippen LogP) is 2.94. The number of halogens is 1. The van der Waals surface area contributed by atoms with Crippen LogP contribution in [0.4, 0.5) is 10.5 Å². The number of carbonyl (C=O) groups is 1. The van der Waals surface area contributed by atoms with Gasteiger partial charge in [0.2, 0.25) is 0 Å². The van der Waals surface area contributed by atoms with Gasteiger partial charge in [-0.25, -0.2) is 4.79 Å². The summed E-state index contributed by atoms with van der Waals surface area (Å²) in [5.41, 5.74) is 1.75. The minimum atomic E-state index is -0.483. The highest BCUT2D eigenvalue weighted by molar-refractivity contribution is 14.1. The average molecular weight is 315 g/mol. The number of hydrogen-bond donors (Lipinski definition) is 1. The zero-order valence-electron chi connectivity index (χ0n) is 8.21. The highest BCUT2D eigenvalue weighted by atomic mass is 127. The summed E-state index contributed by atoms with van der Waals surface area (Å²) in [4.78, 5) is 11.2. The average Bonchev–Trinajstić information content (AvgIpc) is 2.22. The Morgan fingerprint density at radius 3 is 2.93 bits per heavy atom. The number of ether oxygens (including phenoxy) is 1. The summed E-state index contributed by atoms with van der Waals surface area (Å²) in [7, 11) is 0. The van der Waals surface area contributed by atoms with E-state index in [0.717, 1.165) is 11.3 Å². The van der Waals surface area contributed by atoms with Crippen LogP contribution in [0.1, 0.15) is 5.56 Å². The Morgan fingerprint density at radius 2 is 2.27 bits per heavy atom. The lowest BCUT2D eigenvalue weighted by atomic mass is 10.2. The minimum Gasteiger partial charge on any atom is -0.436 e. The predicted molar refractivity (Wildman–Crippen MR) is 67.9 cm³/mol. The van der Waals surface area contributed by atoms with Crippen molar-refractivity contribution in [1.29, 1.82) is 0 Å². The molecule has 1 aromatic rings. The molecule has 4 heteroatoms. The summed E-state index contributed by atoms with van der Waals surface area (Å²) in [6, 6.07) is 7.50. The van der Waals surface area contributed by atoms with Crippen LogP contribution in [0, 0.1) is 16.8 Å². The third kappa shape index (κ3) is 4.21. The lowest BCUT2D eigenvalue weighted by Gasteiger charge is -2.06. The molecule has 1 aromatic carbocycles. The monoisotopic (exact) mass is 315 g/mol. The van der Waals surface area contributed by atoms with Crippen molar-refractivity contribution in [2.24, 2.45) is 0 Å². The first kappa shape index (κ1) is 11.9. The van der Waals surface area contributed by atoms with Crippen molar-refractivity contribution in [3.05, 3.63) is 29.8 Å². The van der Waals surface area contributed by atoms with Crippen molar-refractivity contribution >= 4 is 34.4 Å². The van der Waals surface area contributed by atoms with E-state index < -0.39 is 6.09 Å². The molecule has 0 atom stereocenters. The molecule has 1 amide bonds. The van der Waals surface area contributed by atoms with Crippen molar-refractivity contribution in [2.45, 2.75) is 6.92 Å². The number of hydrogen-bond acceptors (Lipinski definition) is 2. The van der Waals surface area contributed by atoms with Crippen LogP contribution in [0.5, 0.6) is 0 Å². The zero-order valence-corrected chi connectivity index (χ0v) is 10.4. The van der Waals surface area contributed by atoms with Gasteiger partial charge in [-0.3, -0.25) is 5.32 Å². The minimum absolute atomic E-state index is 0.112. The molecule has 15 heavy (non-hydrogen) atoms. The molecule has 0 aliphatic carbocycles. The van der Waals surface area contributed by atoms with Crippen molar-refractivity contribution in [3.63, 3.8) is 0 Å². The standard InChI is InChI=1S/C11H10INO2/c1-9-5-2-3-6-10(9)13-11(14)15-8-4-7-12/h2-3,5-6H,8H2,1H3,(H,13,14). The topological polar surface area (TPSA) is 38.3 Å². The Balaban J connectivity index is 2.50. The molecular formula is C11H10INO2. The van der Waals surface area contributed by atoms with Gasteiger partial charge < -0.3 is 4.74 Å². The number of para-hydroxylation sites is 1. The maximum Gasteiger partial charge on any atom is 0.412 e. The molecule has 3 nitrogen and oxygen atoms in total. The van der Waals surface area contributed by atoms with Crippen molar-refractivity contribution < 1.29 is 9.53 Å². The second-order valence-corrected chi connectivity index (χ2v) is 3.33. The van der Waals surface area contributed by atoms with Gasteiger partial charge in [-0.15, -0.1) is 0 Å². The van der Waals surface area contributed by atoms with Crippen LogP contribution in [0.15, 0.2) is 24.3 Å². The Hall–Kier alpha value is -1.22. The molecule has 0 saturated carbocycles. The maximum absolute atomic E-state index is 11.2. The Labute approximate surface area is 102 Å². The van der Waals surface area contributed by atoms with Crippen molar-refractivity contribution in [1.82, 2.24) is 0 Å². The summed E-state index contributed by atoms with van der Waals surface area (Å²) in [6.45, 7) is 2.03. The van der Waals surface area contributed by atoms with Gasteiger partial charge in [0, 0.05) is 28.3 Å². The molecule has 0 fully saturated rings. The summed E-state index contributed by atoms with van der Waals surface area (Å²) in [5.74, 6) is 2.63. The van der Waals surface area contributed by atoms with Crippen LogP contribution in [-0.2, 0) is 4.74 Å². The first-order valence-corrected chi connectivity index (χ1v) is 5.40. The van der Waals surface area contributed by atoms with E-state index in [2.05, 4.69) is 15.2 Å². The number of carbonyl (C=O) groups excluding carboxylic acids is 1. The summed E-state index contributed by atoms with van der Waals surface area (Å²) < 4.78 is 7.43. The maximum atomic E-state index is 11.2. The highest BCUT2D eigenvalue weighted by Gasteiger charge is 2.03. The van der Waals surface area contributed by atoms with Gasteiger partial charge in [-0.05, 0) is 22.5 Å². The van der Waals surface area contributed by atoms with E-state index >= 15 is 0 Å². The van der Waals surface area contributed by atoms with Gasteiger partial charge in [0.25, 0.3) is 0 Å². The Bertz CT molecular complexity index is 407. The number of amides is 1. The molecule has 0 aromatic heterocycles. The third-order valence-electron chi connectivity index (χ3n) is 1.72. The fourth-order valence-corrected chi connectivity index (χ4v) is 1.14. The van der Waals surface area contributed by atoms with E-state index in [9.17, 15) is 4.79 Å². The van der Waals surface area contributed by atoms with Gasteiger partial charge >= 0.3 is 6.09 Å². The SMILES string of the molecule is Cc1ccccc1NC(=O)OCC#CI. The third-order valence-corrected chi connectivity index (χ3v) is 2.11. The molecule has 0 bridgehead atoms. The molecule has 0 heterocycles. The number of rotatable bonds is 2. The largest absolute Gasteiger partial charge is 0.436 e. The van der Waals surface area contributed by atoms with Gasteiger partial charge in [-0.1, -0.05) is 24.1 Å². The highest BCUT2D eigenvalue weighted by Crippen LogP contribution is 2.12.